The van der Waals surface area contributed by atoms with E-state index in [1.54, 1.807) is 0 Å². The van der Waals surface area contributed by atoms with Gasteiger partial charge in [0, 0.05) is 0 Å². The van der Waals surface area contributed by atoms with Gasteiger partial charge in [0.2, 0.25) is 0 Å². The lowest BCUT2D eigenvalue weighted by atomic mass is 9.97. The Bertz CT molecular complexity index is 67.0. The van der Waals surface area contributed by atoms with Gasteiger partial charge in [-0.05, 0) is 19.8 Å². The van der Waals surface area contributed by atoms with Crippen molar-refractivity contribution in [3.8, 4) is 0 Å². The second kappa shape index (κ2) is 3.89. The first-order chi connectivity index (χ1) is 4.12. The van der Waals surface area contributed by atoms with Crippen LogP contribution in [0.25, 0.3) is 0 Å². The van der Waals surface area contributed by atoms with E-state index in [4.69, 9.17) is 0 Å². The number of unbranched alkanes of at least 4 members (excludes halogenated alkanes) is 1. The van der Waals surface area contributed by atoms with Crippen molar-refractivity contribution < 1.29 is 5.11 Å². The molecule has 0 aliphatic carbocycles. The minimum atomic E-state index is -0.407. The molecule has 0 aromatic carbocycles. The third-order valence-corrected chi connectivity index (χ3v) is 1.83. The highest BCUT2D eigenvalue weighted by Crippen LogP contribution is 2.16. The number of aliphatic hydroxyl groups is 1. The highest BCUT2D eigenvalue weighted by molar-refractivity contribution is 4.68. The molecule has 0 aliphatic heterocycles. The van der Waals surface area contributed by atoms with Crippen molar-refractivity contribution in [3.05, 3.63) is 0 Å². The van der Waals surface area contributed by atoms with E-state index in [0.717, 1.165) is 19.3 Å². The minimum Gasteiger partial charge on any atom is -0.390 e. The lowest BCUT2D eigenvalue weighted by Crippen LogP contribution is -2.21. The average Bonchev–Trinajstić information content (AvgIpc) is 1.84. The molecule has 0 aliphatic rings. The van der Waals surface area contributed by atoms with Crippen LogP contribution in [0.15, 0.2) is 0 Å². The fourth-order valence-electron chi connectivity index (χ4n) is 0.734. The van der Waals surface area contributed by atoms with Crippen LogP contribution >= 0.6 is 0 Å². The molecule has 0 aromatic rings. The monoisotopic (exact) mass is 130 g/mol. The van der Waals surface area contributed by atoms with Gasteiger partial charge in [0.1, 0.15) is 0 Å². The fraction of sp³-hybridized carbons (Fsp3) is 1.00. The normalized spacial score (nSPS) is 17.3. The Morgan fingerprint density at radius 2 is 1.89 bits per heavy atom. The van der Waals surface area contributed by atoms with Gasteiger partial charge in [0.15, 0.2) is 0 Å². The number of rotatable bonds is 4. The predicted octanol–water partition coefficient (Wildman–Crippen LogP) is 2.34. The van der Waals surface area contributed by atoms with Crippen LogP contribution < -0.4 is 0 Å². The average molecular weight is 130 g/mol. The van der Waals surface area contributed by atoms with Crippen molar-refractivity contribution in [1.29, 1.82) is 0 Å². The van der Waals surface area contributed by atoms with E-state index in [1.165, 1.54) is 6.42 Å². The Morgan fingerprint density at radius 1 is 1.33 bits per heavy atom. The van der Waals surface area contributed by atoms with Crippen molar-refractivity contribution >= 4 is 0 Å². The summed E-state index contributed by atoms with van der Waals surface area (Å²) in [6, 6.07) is 0. The smallest absolute Gasteiger partial charge is 0.0617 e. The maximum Gasteiger partial charge on any atom is 0.0617 e. The van der Waals surface area contributed by atoms with Crippen LogP contribution in [0.5, 0.6) is 0 Å². The molecule has 0 heterocycles. The van der Waals surface area contributed by atoms with Crippen LogP contribution in [0.4, 0.5) is 0 Å². The molecule has 0 radical (unpaired) electrons. The molecule has 0 spiro atoms. The Hall–Kier alpha value is -0.0400. The standard InChI is InChI=1S/C8H18O/c1-4-6-7-8(3,9)5-2/h9H,4-7H2,1-3H3/t8-/m0/s1. The molecule has 0 fully saturated rings. The first-order valence-electron chi connectivity index (χ1n) is 3.84. The molecular formula is C8H18O. The van der Waals surface area contributed by atoms with Gasteiger partial charge in [-0.3, -0.25) is 0 Å². The predicted molar refractivity (Wildman–Crippen MR) is 40.4 cm³/mol. The highest BCUT2D eigenvalue weighted by Gasteiger charge is 2.15. The maximum absolute atomic E-state index is 9.45. The number of hydrogen-bond donors (Lipinski definition) is 1. The van der Waals surface area contributed by atoms with Crippen molar-refractivity contribution in [2.75, 3.05) is 0 Å². The van der Waals surface area contributed by atoms with E-state index < -0.39 is 5.60 Å². The van der Waals surface area contributed by atoms with Crippen LogP contribution in [0.1, 0.15) is 46.5 Å². The second-order valence-electron chi connectivity index (χ2n) is 2.95. The van der Waals surface area contributed by atoms with Gasteiger partial charge < -0.3 is 5.11 Å². The zero-order chi connectivity index (χ0) is 7.33. The summed E-state index contributed by atoms with van der Waals surface area (Å²) >= 11 is 0. The summed E-state index contributed by atoms with van der Waals surface area (Å²) in [6.07, 6.45) is 4.13. The van der Waals surface area contributed by atoms with Crippen LogP contribution in [-0.2, 0) is 0 Å². The summed E-state index contributed by atoms with van der Waals surface area (Å²) in [4.78, 5) is 0. The molecule has 1 N–H and O–H groups in total. The fourth-order valence-corrected chi connectivity index (χ4v) is 0.734. The summed E-state index contributed by atoms with van der Waals surface area (Å²) in [5.74, 6) is 0. The quantitative estimate of drug-likeness (QED) is 0.619. The third kappa shape index (κ3) is 4.46. The van der Waals surface area contributed by atoms with E-state index in [0.29, 0.717) is 0 Å². The van der Waals surface area contributed by atoms with Gasteiger partial charge in [0.25, 0.3) is 0 Å². The van der Waals surface area contributed by atoms with E-state index in [9.17, 15) is 5.11 Å². The molecule has 9 heavy (non-hydrogen) atoms. The van der Waals surface area contributed by atoms with Gasteiger partial charge >= 0.3 is 0 Å². The van der Waals surface area contributed by atoms with Crippen molar-refractivity contribution in [2.45, 2.75) is 52.1 Å². The van der Waals surface area contributed by atoms with Gasteiger partial charge in [-0.1, -0.05) is 26.7 Å². The van der Waals surface area contributed by atoms with Crippen molar-refractivity contribution in [2.24, 2.45) is 0 Å². The van der Waals surface area contributed by atoms with Crippen LogP contribution in [0.2, 0.25) is 0 Å². The first-order valence-corrected chi connectivity index (χ1v) is 3.84. The summed E-state index contributed by atoms with van der Waals surface area (Å²) in [5.41, 5.74) is -0.407. The minimum absolute atomic E-state index is 0.407. The number of hydrogen-bond acceptors (Lipinski definition) is 1. The van der Waals surface area contributed by atoms with E-state index >= 15 is 0 Å². The van der Waals surface area contributed by atoms with Gasteiger partial charge in [-0.25, -0.2) is 0 Å². The zero-order valence-electron chi connectivity index (χ0n) is 6.78. The molecule has 0 aromatic heterocycles. The molecule has 0 saturated carbocycles. The Morgan fingerprint density at radius 3 is 2.22 bits per heavy atom. The largest absolute Gasteiger partial charge is 0.390 e. The zero-order valence-corrected chi connectivity index (χ0v) is 6.78. The van der Waals surface area contributed by atoms with Gasteiger partial charge in [0.05, 0.1) is 5.60 Å². The summed E-state index contributed by atoms with van der Waals surface area (Å²) in [6.45, 7) is 6.07. The van der Waals surface area contributed by atoms with Crippen molar-refractivity contribution in [3.63, 3.8) is 0 Å². The lowest BCUT2D eigenvalue weighted by molar-refractivity contribution is 0.0447. The second-order valence-corrected chi connectivity index (χ2v) is 2.95. The molecular weight excluding hydrogens is 112 g/mol. The molecule has 0 bridgehead atoms. The van der Waals surface area contributed by atoms with Gasteiger partial charge in [-0.2, -0.15) is 0 Å². The third-order valence-electron chi connectivity index (χ3n) is 1.83. The molecule has 1 heteroatoms. The molecule has 0 amide bonds. The van der Waals surface area contributed by atoms with E-state index in [1.807, 2.05) is 13.8 Å². The molecule has 0 saturated heterocycles. The van der Waals surface area contributed by atoms with E-state index in [2.05, 4.69) is 6.92 Å². The lowest BCUT2D eigenvalue weighted by Gasteiger charge is -2.20. The topological polar surface area (TPSA) is 20.2 Å². The van der Waals surface area contributed by atoms with Crippen LogP contribution in [0.3, 0.4) is 0 Å². The molecule has 0 unspecified atom stereocenters. The summed E-state index contributed by atoms with van der Waals surface area (Å²) in [5, 5.41) is 9.45. The summed E-state index contributed by atoms with van der Waals surface area (Å²) in [7, 11) is 0. The maximum atomic E-state index is 9.45. The summed E-state index contributed by atoms with van der Waals surface area (Å²) < 4.78 is 0. The molecule has 56 valence electrons. The van der Waals surface area contributed by atoms with Gasteiger partial charge in [-0.15, -0.1) is 0 Å². The SMILES string of the molecule is CCCC[C@@](C)(O)CC. The molecule has 0 rings (SSSR count). The van der Waals surface area contributed by atoms with Crippen LogP contribution in [-0.4, -0.2) is 10.7 Å². The molecule has 1 nitrogen and oxygen atoms in total. The molecule has 1 atom stereocenters. The Labute approximate surface area is 58.1 Å². The van der Waals surface area contributed by atoms with Crippen LogP contribution in [0, 0.1) is 0 Å². The Kier molecular flexibility index (Phi) is 3.87. The highest BCUT2D eigenvalue weighted by atomic mass is 16.3. The first kappa shape index (κ1) is 8.96. The van der Waals surface area contributed by atoms with Crippen molar-refractivity contribution in [1.82, 2.24) is 0 Å². The van der Waals surface area contributed by atoms with E-state index in [-0.39, 0.29) is 0 Å². The Balaban J connectivity index is 3.33.